The lowest BCUT2D eigenvalue weighted by Gasteiger charge is -2.20. The quantitative estimate of drug-likeness (QED) is 0.667. The standard InChI is InChI=1S/C9H15F3OP/c10-9(11,12)7-14(13)6-8-4-2-1-3-5-8/h8H,1-7H2. The number of rotatable bonds is 3. The van der Waals surface area contributed by atoms with Crippen molar-refractivity contribution in [3.05, 3.63) is 0 Å². The van der Waals surface area contributed by atoms with Crippen LogP contribution >= 0.6 is 7.80 Å². The molecule has 1 unspecified atom stereocenters. The topological polar surface area (TPSA) is 17.1 Å². The maximum absolute atomic E-state index is 11.9. The van der Waals surface area contributed by atoms with Crippen molar-refractivity contribution in [3.8, 4) is 0 Å². The summed E-state index contributed by atoms with van der Waals surface area (Å²) in [5.74, 6) is 0.273. The van der Waals surface area contributed by atoms with Gasteiger partial charge in [-0.3, -0.25) is 4.57 Å². The van der Waals surface area contributed by atoms with Gasteiger partial charge in [-0.15, -0.1) is 0 Å². The highest BCUT2D eigenvalue weighted by Crippen LogP contribution is 2.36. The average Bonchev–Trinajstić information content (AvgIpc) is 2.02. The molecular formula is C9H15F3OP. The Hall–Kier alpha value is -0.110. The highest BCUT2D eigenvalue weighted by atomic mass is 31.1. The van der Waals surface area contributed by atoms with Gasteiger partial charge in [0.1, 0.15) is 6.16 Å². The molecule has 83 valence electrons. The van der Waals surface area contributed by atoms with Crippen LogP contribution in [0.3, 0.4) is 0 Å². The van der Waals surface area contributed by atoms with Crippen molar-refractivity contribution >= 4 is 7.80 Å². The fourth-order valence-corrected chi connectivity index (χ4v) is 3.39. The van der Waals surface area contributed by atoms with Gasteiger partial charge in [-0.2, -0.15) is 13.2 Å². The van der Waals surface area contributed by atoms with Crippen molar-refractivity contribution in [2.75, 3.05) is 12.3 Å². The average molecular weight is 227 g/mol. The Morgan fingerprint density at radius 2 is 1.71 bits per heavy atom. The van der Waals surface area contributed by atoms with Gasteiger partial charge in [-0.1, -0.05) is 19.3 Å². The van der Waals surface area contributed by atoms with Gasteiger partial charge in [0.25, 0.3) is 0 Å². The van der Waals surface area contributed by atoms with Crippen LogP contribution in [0, 0.1) is 5.92 Å². The first-order chi connectivity index (χ1) is 6.47. The van der Waals surface area contributed by atoms with Crippen LogP contribution in [-0.4, -0.2) is 18.5 Å². The summed E-state index contributed by atoms with van der Waals surface area (Å²) in [6, 6.07) is 0. The maximum Gasteiger partial charge on any atom is 0.398 e. The van der Waals surface area contributed by atoms with Gasteiger partial charge in [0.2, 0.25) is 0 Å². The number of alkyl halides is 3. The van der Waals surface area contributed by atoms with Crippen molar-refractivity contribution < 1.29 is 17.7 Å². The summed E-state index contributed by atoms with van der Waals surface area (Å²) >= 11 is 0. The Morgan fingerprint density at radius 1 is 1.14 bits per heavy atom. The van der Waals surface area contributed by atoms with Crippen molar-refractivity contribution in [3.63, 3.8) is 0 Å². The Kier molecular flexibility index (Phi) is 4.36. The van der Waals surface area contributed by atoms with E-state index in [0.717, 1.165) is 25.7 Å². The van der Waals surface area contributed by atoms with Crippen molar-refractivity contribution in [2.45, 2.75) is 38.3 Å². The van der Waals surface area contributed by atoms with Gasteiger partial charge in [0.15, 0.2) is 0 Å². The van der Waals surface area contributed by atoms with Gasteiger partial charge < -0.3 is 0 Å². The molecule has 1 aliphatic rings. The lowest BCUT2D eigenvalue weighted by atomic mass is 9.91. The zero-order valence-corrected chi connectivity index (χ0v) is 8.91. The summed E-state index contributed by atoms with van der Waals surface area (Å²) in [5, 5.41) is 0. The summed E-state index contributed by atoms with van der Waals surface area (Å²) in [7, 11) is -2.07. The van der Waals surface area contributed by atoms with Crippen LogP contribution in [0.25, 0.3) is 0 Å². The predicted octanol–water partition coefficient (Wildman–Crippen LogP) is 3.96. The first kappa shape index (κ1) is 12.0. The molecule has 5 heteroatoms. The molecule has 1 aliphatic carbocycles. The number of halogens is 3. The zero-order chi connectivity index (χ0) is 10.6. The van der Waals surface area contributed by atoms with E-state index in [2.05, 4.69) is 0 Å². The molecule has 0 aromatic carbocycles. The third-order valence-corrected chi connectivity index (χ3v) is 4.18. The van der Waals surface area contributed by atoms with Crippen molar-refractivity contribution in [2.24, 2.45) is 5.92 Å². The minimum Gasteiger partial charge on any atom is -0.287 e. The smallest absolute Gasteiger partial charge is 0.287 e. The van der Waals surface area contributed by atoms with Crippen LogP contribution in [-0.2, 0) is 4.57 Å². The van der Waals surface area contributed by atoms with E-state index in [9.17, 15) is 17.7 Å². The van der Waals surface area contributed by atoms with Gasteiger partial charge in [0.05, 0.1) is 7.80 Å². The van der Waals surface area contributed by atoms with Crippen LogP contribution in [0.2, 0.25) is 0 Å². The monoisotopic (exact) mass is 227 g/mol. The van der Waals surface area contributed by atoms with Crippen molar-refractivity contribution in [1.82, 2.24) is 0 Å². The van der Waals surface area contributed by atoms with E-state index in [1.807, 2.05) is 0 Å². The second kappa shape index (κ2) is 5.11. The van der Waals surface area contributed by atoms with Crippen LogP contribution in [0.15, 0.2) is 0 Å². The maximum atomic E-state index is 11.9. The summed E-state index contributed by atoms with van der Waals surface area (Å²) in [6.07, 6.45) is 0.167. The molecule has 0 amide bonds. The highest BCUT2D eigenvalue weighted by Gasteiger charge is 2.31. The Balaban J connectivity index is 2.25. The van der Waals surface area contributed by atoms with E-state index < -0.39 is 20.1 Å². The molecule has 0 spiro atoms. The summed E-state index contributed by atoms with van der Waals surface area (Å²) < 4.78 is 46.8. The van der Waals surface area contributed by atoms with E-state index in [-0.39, 0.29) is 12.1 Å². The SMILES string of the molecule is O=[P](CC1CCCCC1)CC(F)(F)F. The molecular weight excluding hydrogens is 212 g/mol. The minimum atomic E-state index is -4.26. The van der Waals surface area contributed by atoms with Crippen LogP contribution in [0.5, 0.6) is 0 Å². The fourth-order valence-electron chi connectivity index (χ4n) is 1.92. The normalized spacial score (nSPS) is 20.9. The molecule has 0 aromatic rings. The number of hydrogen-bond donors (Lipinski definition) is 0. The van der Waals surface area contributed by atoms with Crippen LogP contribution in [0.1, 0.15) is 32.1 Å². The minimum absolute atomic E-state index is 0.273. The highest BCUT2D eigenvalue weighted by molar-refractivity contribution is 7.44. The molecule has 1 radical (unpaired) electrons. The molecule has 1 saturated carbocycles. The lowest BCUT2D eigenvalue weighted by Crippen LogP contribution is -2.15. The van der Waals surface area contributed by atoms with Gasteiger partial charge in [-0.05, 0) is 18.8 Å². The van der Waals surface area contributed by atoms with E-state index in [0.29, 0.717) is 0 Å². The van der Waals surface area contributed by atoms with Gasteiger partial charge in [0, 0.05) is 6.16 Å². The third kappa shape index (κ3) is 4.94. The second-order valence-electron chi connectivity index (χ2n) is 3.94. The molecule has 1 nitrogen and oxygen atoms in total. The third-order valence-electron chi connectivity index (χ3n) is 2.54. The Labute approximate surface area is 82.9 Å². The number of hydrogen-bond acceptors (Lipinski definition) is 1. The van der Waals surface area contributed by atoms with Crippen molar-refractivity contribution in [1.29, 1.82) is 0 Å². The molecule has 1 fully saturated rings. The zero-order valence-electron chi connectivity index (χ0n) is 8.02. The van der Waals surface area contributed by atoms with Gasteiger partial charge in [-0.25, -0.2) is 0 Å². The molecule has 0 saturated heterocycles. The first-order valence-electron chi connectivity index (χ1n) is 4.96. The second-order valence-corrected chi connectivity index (χ2v) is 5.59. The van der Waals surface area contributed by atoms with Crippen LogP contribution in [0.4, 0.5) is 13.2 Å². The lowest BCUT2D eigenvalue weighted by molar-refractivity contribution is -0.106. The summed E-state index contributed by atoms with van der Waals surface area (Å²) in [6.45, 7) is 0. The largest absolute Gasteiger partial charge is 0.398 e. The Bertz CT molecular complexity index is 197. The summed E-state index contributed by atoms with van der Waals surface area (Å²) in [4.78, 5) is 0. The molecule has 0 heterocycles. The molecule has 0 N–H and O–H groups in total. The molecule has 0 bridgehead atoms. The van der Waals surface area contributed by atoms with E-state index in [1.165, 1.54) is 6.42 Å². The van der Waals surface area contributed by atoms with E-state index in [1.54, 1.807) is 0 Å². The van der Waals surface area contributed by atoms with E-state index in [4.69, 9.17) is 0 Å². The Morgan fingerprint density at radius 3 is 2.21 bits per heavy atom. The first-order valence-corrected chi connectivity index (χ1v) is 6.59. The molecule has 1 rings (SSSR count). The molecule has 1 atom stereocenters. The predicted molar refractivity (Wildman–Crippen MR) is 50.0 cm³/mol. The van der Waals surface area contributed by atoms with Gasteiger partial charge >= 0.3 is 6.18 Å². The van der Waals surface area contributed by atoms with Crippen LogP contribution < -0.4 is 0 Å². The molecule has 0 aliphatic heterocycles. The molecule has 0 aromatic heterocycles. The summed E-state index contributed by atoms with van der Waals surface area (Å²) in [5.41, 5.74) is 0. The van der Waals surface area contributed by atoms with E-state index >= 15 is 0 Å². The fraction of sp³-hybridized carbons (Fsp3) is 1.00. The molecule has 14 heavy (non-hydrogen) atoms.